The number of carbonyl (C=O) groups is 1. The number of carbonyl (C=O) groups excluding carboxylic acids is 1. The van der Waals surface area contributed by atoms with Crippen molar-refractivity contribution in [2.75, 3.05) is 11.9 Å². The van der Waals surface area contributed by atoms with E-state index in [1.807, 2.05) is 6.07 Å². The largest absolute Gasteiger partial charge is 0.416 e. The number of aliphatic hydroxyl groups is 1. The molecule has 9 heteroatoms. The van der Waals surface area contributed by atoms with E-state index in [1.165, 1.54) is 34.4 Å². The van der Waals surface area contributed by atoms with Gasteiger partial charge in [0.1, 0.15) is 0 Å². The molecule has 3 aromatic rings. The van der Waals surface area contributed by atoms with Gasteiger partial charge in [0, 0.05) is 11.9 Å². The highest BCUT2D eigenvalue weighted by molar-refractivity contribution is 7.13. The van der Waals surface area contributed by atoms with Gasteiger partial charge in [0.15, 0.2) is 5.13 Å². The molecule has 1 atom stereocenters. The normalized spacial score (nSPS) is 12.4. The number of rotatable bonds is 6. The number of nitrogens with zero attached hydrogens (tertiary/aromatic N) is 2. The summed E-state index contributed by atoms with van der Waals surface area (Å²) >= 11 is 1.24. The van der Waals surface area contributed by atoms with Gasteiger partial charge in [0.2, 0.25) is 0 Å². The van der Waals surface area contributed by atoms with E-state index in [2.05, 4.69) is 10.3 Å². The third kappa shape index (κ3) is 5.58. The molecular formula is C21H20F3N3O2S. The number of hydrogen-bond acceptors (Lipinski definition) is 4. The van der Waals surface area contributed by atoms with Crippen molar-refractivity contribution in [3.63, 3.8) is 0 Å². The first-order chi connectivity index (χ1) is 14.2. The van der Waals surface area contributed by atoms with Crippen LogP contribution < -0.4 is 5.32 Å². The lowest BCUT2D eigenvalue weighted by Crippen LogP contribution is -2.37. The standard InChI is InChI=1S/C21H20F3N3O2S/c1-14-13-30-19(25-14)26-20(29)27(11-15-7-3-2-4-8-15)12-18(28)16-9-5-6-10-17(16)21(22,23)24/h2-10,13,18,28H,11-12H2,1H3,(H,25,26,29). The second-order valence-electron chi connectivity index (χ2n) is 6.69. The molecule has 0 bridgehead atoms. The van der Waals surface area contributed by atoms with Gasteiger partial charge in [-0.05, 0) is 24.1 Å². The van der Waals surface area contributed by atoms with Gasteiger partial charge in [-0.25, -0.2) is 9.78 Å². The monoisotopic (exact) mass is 435 g/mol. The van der Waals surface area contributed by atoms with Crippen LogP contribution in [0.15, 0.2) is 60.0 Å². The Balaban J connectivity index is 1.84. The van der Waals surface area contributed by atoms with E-state index in [0.29, 0.717) is 5.13 Å². The van der Waals surface area contributed by atoms with Crippen molar-refractivity contribution in [2.24, 2.45) is 0 Å². The number of aryl methyl sites for hydroxylation is 1. The van der Waals surface area contributed by atoms with Crippen molar-refractivity contribution in [1.29, 1.82) is 0 Å². The summed E-state index contributed by atoms with van der Waals surface area (Å²) in [5.41, 5.74) is 0.317. The highest BCUT2D eigenvalue weighted by Crippen LogP contribution is 2.34. The highest BCUT2D eigenvalue weighted by Gasteiger charge is 2.35. The number of thiazole rings is 1. The van der Waals surface area contributed by atoms with E-state index in [0.717, 1.165) is 17.3 Å². The van der Waals surface area contributed by atoms with Crippen LogP contribution in [-0.2, 0) is 12.7 Å². The molecule has 158 valence electrons. The number of aliphatic hydroxyl groups excluding tert-OH is 1. The van der Waals surface area contributed by atoms with Gasteiger partial charge in [0.05, 0.1) is 23.9 Å². The van der Waals surface area contributed by atoms with E-state index < -0.39 is 23.9 Å². The number of aromatic nitrogens is 1. The molecule has 0 aliphatic heterocycles. The Morgan fingerprint density at radius 1 is 1.17 bits per heavy atom. The van der Waals surface area contributed by atoms with Gasteiger partial charge in [-0.1, -0.05) is 48.5 Å². The zero-order chi connectivity index (χ0) is 21.7. The average Bonchev–Trinajstić information content (AvgIpc) is 3.12. The molecule has 1 heterocycles. The summed E-state index contributed by atoms with van der Waals surface area (Å²) in [6.45, 7) is 1.58. The molecule has 3 rings (SSSR count). The fraction of sp³-hybridized carbons (Fsp3) is 0.238. The Bertz CT molecular complexity index is 992. The van der Waals surface area contributed by atoms with E-state index in [1.54, 1.807) is 36.6 Å². The van der Waals surface area contributed by atoms with Crippen LogP contribution in [0, 0.1) is 6.92 Å². The van der Waals surface area contributed by atoms with Crippen molar-refractivity contribution in [3.05, 3.63) is 82.4 Å². The van der Waals surface area contributed by atoms with Gasteiger partial charge >= 0.3 is 12.2 Å². The van der Waals surface area contributed by atoms with E-state index in [4.69, 9.17) is 0 Å². The van der Waals surface area contributed by atoms with Crippen LogP contribution in [0.3, 0.4) is 0 Å². The molecule has 0 radical (unpaired) electrons. The molecule has 30 heavy (non-hydrogen) atoms. The summed E-state index contributed by atoms with van der Waals surface area (Å²) < 4.78 is 40.0. The highest BCUT2D eigenvalue weighted by atomic mass is 32.1. The molecular weight excluding hydrogens is 415 g/mol. The first-order valence-corrected chi connectivity index (χ1v) is 9.98. The molecule has 0 aliphatic carbocycles. The lowest BCUT2D eigenvalue weighted by Gasteiger charge is -2.26. The molecule has 0 saturated carbocycles. The van der Waals surface area contributed by atoms with Crippen molar-refractivity contribution < 1.29 is 23.1 Å². The van der Waals surface area contributed by atoms with E-state index >= 15 is 0 Å². The lowest BCUT2D eigenvalue weighted by molar-refractivity contribution is -0.139. The summed E-state index contributed by atoms with van der Waals surface area (Å²) in [5, 5.41) is 15.4. The molecule has 1 aromatic heterocycles. The van der Waals surface area contributed by atoms with Crippen molar-refractivity contribution in [1.82, 2.24) is 9.88 Å². The van der Waals surface area contributed by atoms with Crippen LogP contribution in [0.2, 0.25) is 0 Å². The number of urea groups is 1. The number of hydrogen-bond donors (Lipinski definition) is 2. The zero-order valence-electron chi connectivity index (χ0n) is 16.1. The van der Waals surface area contributed by atoms with Crippen LogP contribution in [-0.4, -0.2) is 27.6 Å². The predicted octanol–water partition coefficient (Wildman–Crippen LogP) is 5.24. The van der Waals surface area contributed by atoms with E-state index in [-0.39, 0.29) is 18.7 Å². The number of benzene rings is 2. The summed E-state index contributed by atoms with van der Waals surface area (Å²) in [6, 6.07) is 13.3. The van der Waals surface area contributed by atoms with Gasteiger partial charge in [-0.15, -0.1) is 11.3 Å². The number of anilines is 1. The number of amides is 2. The summed E-state index contributed by atoms with van der Waals surface area (Å²) in [7, 11) is 0. The third-order valence-corrected chi connectivity index (χ3v) is 5.23. The van der Waals surface area contributed by atoms with Crippen LogP contribution in [0.1, 0.15) is 28.5 Å². The second kappa shape index (κ2) is 9.27. The Kier molecular flexibility index (Phi) is 6.73. The minimum Gasteiger partial charge on any atom is -0.387 e. The van der Waals surface area contributed by atoms with Gasteiger partial charge in [0.25, 0.3) is 0 Å². The van der Waals surface area contributed by atoms with Crippen molar-refractivity contribution in [2.45, 2.75) is 25.7 Å². The quantitative estimate of drug-likeness (QED) is 0.557. The van der Waals surface area contributed by atoms with Gasteiger partial charge < -0.3 is 10.0 Å². The summed E-state index contributed by atoms with van der Waals surface area (Å²) in [4.78, 5) is 18.3. The first-order valence-electron chi connectivity index (χ1n) is 9.10. The molecule has 0 aliphatic rings. The lowest BCUT2D eigenvalue weighted by atomic mass is 10.0. The van der Waals surface area contributed by atoms with E-state index in [9.17, 15) is 23.1 Å². The van der Waals surface area contributed by atoms with Crippen LogP contribution in [0.5, 0.6) is 0 Å². The Labute approximate surface area is 175 Å². The fourth-order valence-corrected chi connectivity index (χ4v) is 3.64. The Morgan fingerprint density at radius 3 is 2.47 bits per heavy atom. The molecule has 0 fully saturated rings. The number of halogens is 3. The molecule has 0 saturated heterocycles. The minimum absolute atomic E-state index is 0.113. The van der Waals surface area contributed by atoms with Crippen molar-refractivity contribution in [3.8, 4) is 0 Å². The topological polar surface area (TPSA) is 65.5 Å². The Hall–Kier alpha value is -2.91. The zero-order valence-corrected chi connectivity index (χ0v) is 16.9. The third-order valence-electron chi connectivity index (χ3n) is 4.35. The van der Waals surface area contributed by atoms with Crippen LogP contribution >= 0.6 is 11.3 Å². The Morgan fingerprint density at radius 2 is 1.83 bits per heavy atom. The molecule has 5 nitrogen and oxygen atoms in total. The fourth-order valence-electron chi connectivity index (χ4n) is 2.96. The van der Waals surface area contributed by atoms with Gasteiger partial charge in [-0.2, -0.15) is 13.2 Å². The van der Waals surface area contributed by atoms with Crippen LogP contribution in [0.25, 0.3) is 0 Å². The van der Waals surface area contributed by atoms with Crippen LogP contribution in [0.4, 0.5) is 23.1 Å². The number of alkyl halides is 3. The maximum atomic E-state index is 13.3. The second-order valence-corrected chi connectivity index (χ2v) is 7.55. The number of nitrogens with one attached hydrogen (secondary N) is 1. The predicted molar refractivity (Wildman–Crippen MR) is 109 cm³/mol. The minimum atomic E-state index is -4.61. The molecule has 1 unspecified atom stereocenters. The average molecular weight is 435 g/mol. The SMILES string of the molecule is Cc1csc(NC(=O)N(Cc2ccccc2)CC(O)c2ccccc2C(F)(F)F)n1. The van der Waals surface area contributed by atoms with Crippen molar-refractivity contribution >= 4 is 22.5 Å². The molecule has 0 spiro atoms. The molecule has 2 amide bonds. The molecule has 2 aromatic carbocycles. The summed E-state index contributed by atoms with van der Waals surface area (Å²) in [5.74, 6) is 0. The summed E-state index contributed by atoms with van der Waals surface area (Å²) in [6.07, 6.45) is -6.13. The smallest absolute Gasteiger partial charge is 0.387 e. The molecule has 2 N–H and O–H groups in total. The van der Waals surface area contributed by atoms with Gasteiger partial charge in [-0.3, -0.25) is 5.32 Å². The maximum Gasteiger partial charge on any atom is 0.416 e. The maximum absolute atomic E-state index is 13.3. The first kappa shape index (κ1) is 21.8.